The summed E-state index contributed by atoms with van der Waals surface area (Å²) in [4.78, 5) is 4.57. The number of methoxy groups -OCH3 is 1. The molecule has 0 aliphatic heterocycles. The number of anilines is 1. The lowest BCUT2D eigenvalue weighted by Crippen LogP contribution is -2.12. The van der Waals surface area contributed by atoms with Crippen molar-refractivity contribution in [1.82, 2.24) is 14.8 Å². The lowest BCUT2D eigenvalue weighted by molar-refractivity contribution is 0.415. The van der Waals surface area contributed by atoms with Crippen LogP contribution in [0.4, 0.5) is 5.82 Å². The van der Waals surface area contributed by atoms with Gasteiger partial charge in [-0.2, -0.15) is 10.4 Å². The summed E-state index contributed by atoms with van der Waals surface area (Å²) in [5.74, 6) is 1.03. The highest BCUT2D eigenvalue weighted by Gasteiger charge is 2.26. The van der Waals surface area contributed by atoms with Gasteiger partial charge in [0.1, 0.15) is 28.9 Å². The minimum atomic E-state index is 0.268. The quantitative estimate of drug-likeness (QED) is 0.432. The Morgan fingerprint density at radius 3 is 2.64 bits per heavy atom. The van der Waals surface area contributed by atoms with Crippen molar-refractivity contribution >= 4 is 17.4 Å². The zero-order valence-corrected chi connectivity index (χ0v) is 18.9. The van der Waals surface area contributed by atoms with Crippen molar-refractivity contribution in [3.8, 4) is 39.9 Å². The zero-order chi connectivity index (χ0) is 22.9. The van der Waals surface area contributed by atoms with E-state index in [-0.39, 0.29) is 5.82 Å². The van der Waals surface area contributed by atoms with Crippen LogP contribution in [0.25, 0.3) is 28.1 Å². The molecule has 33 heavy (non-hydrogen) atoms. The summed E-state index contributed by atoms with van der Waals surface area (Å²) >= 11 is 6.25. The van der Waals surface area contributed by atoms with Crippen LogP contribution in [0.5, 0.6) is 5.75 Å². The van der Waals surface area contributed by atoms with E-state index in [1.165, 1.54) is 0 Å². The number of nitrogens with two attached hydrogens (primary N) is 1. The fourth-order valence-corrected chi connectivity index (χ4v) is 4.63. The molecule has 2 N–H and O–H groups in total. The fraction of sp³-hybridized carbons (Fsp3) is 0.192. The van der Waals surface area contributed by atoms with E-state index in [0.29, 0.717) is 10.6 Å². The van der Waals surface area contributed by atoms with E-state index in [9.17, 15) is 5.26 Å². The Kier molecular flexibility index (Phi) is 5.49. The number of fused-ring (bicyclic) bond motifs is 1. The number of nitrogens with zero attached hydrogens (tertiary/aromatic N) is 4. The minimum absolute atomic E-state index is 0.268. The lowest BCUT2D eigenvalue weighted by atomic mass is 9.86. The molecular formula is C26H22ClN5O. The predicted molar refractivity (Wildman–Crippen MR) is 130 cm³/mol. The van der Waals surface area contributed by atoms with E-state index in [1.807, 2.05) is 54.7 Å². The van der Waals surface area contributed by atoms with Gasteiger partial charge in [0.05, 0.1) is 12.8 Å². The molecule has 2 heterocycles. The molecule has 2 aromatic heterocycles. The summed E-state index contributed by atoms with van der Waals surface area (Å²) < 4.78 is 7.13. The Balaban J connectivity index is 1.80. The van der Waals surface area contributed by atoms with Crippen molar-refractivity contribution in [2.45, 2.75) is 25.7 Å². The molecular weight excluding hydrogens is 434 g/mol. The highest BCUT2D eigenvalue weighted by Crippen LogP contribution is 2.41. The van der Waals surface area contributed by atoms with Crippen molar-refractivity contribution in [2.24, 2.45) is 0 Å². The number of aromatic nitrogens is 3. The van der Waals surface area contributed by atoms with Gasteiger partial charge in [-0.15, -0.1) is 0 Å². The van der Waals surface area contributed by atoms with Gasteiger partial charge in [-0.3, -0.25) is 0 Å². The topological polar surface area (TPSA) is 89.8 Å². The number of hydrogen-bond donors (Lipinski definition) is 1. The Labute approximate surface area is 197 Å². The number of nitrogen functional groups attached to an aromatic ring is 1. The SMILES string of the molecule is COc1ccc(-c2nn(-c3cccc(Cl)c3)cc2-c2c(C#N)c(N)nc3c2CCCC3)cc1. The van der Waals surface area contributed by atoms with E-state index in [4.69, 9.17) is 27.2 Å². The van der Waals surface area contributed by atoms with Crippen LogP contribution in [0.2, 0.25) is 5.02 Å². The summed E-state index contributed by atoms with van der Waals surface area (Å²) in [7, 11) is 1.64. The highest BCUT2D eigenvalue weighted by molar-refractivity contribution is 6.30. The van der Waals surface area contributed by atoms with E-state index in [2.05, 4.69) is 11.1 Å². The summed E-state index contributed by atoms with van der Waals surface area (Å²) in [6.45, 7) is 0. The average Bonchev–Trinajstić information content (AvgIpc) is 3.28. The van der Waals surface area contributed by atoms with Gasteiger partial charge in [0.15, 0.2) is 0 Å². The lowest BCUT2D eigenvalue weighted by Gasteiger charge is -2.20. The minimum Gasteiger partial charge on any atom is -0.497 e. The first-order valence-corrected chi connectivity index (χ1v) is 11.2. The van der Waals surface area contributed by atoms with Gasteiger partial charge in [0.2, 0.25) is 0 Å². The molecule has 7 heteroatoms. The van der Waals surface area contributed by atoms with Crippen LogP contribution in [0.1, 0.15) is 29.7 Å². The standard InChI is InChI=1S/C26H22ClN5O/c1-33-19-11-9-16(10-12-19)25-22(15-32(31-25)18-6-4-5-17(27)13-18)24-20-7-2-3-8-23(20)30-26(29)21(24)14-28/h4-6,9-13,15H,2-3,7-8H2,1H3,(H2,29,30). The van der Waals surface area contributed by atoms with E-state index >= 15 is 0 Å². The highest BCUT2D eigenvalue weighted by atomic mass is 35.5. The fourth-order valence-electron chi connectivity index (χ4n) is 4.44. The number of nitriles is 1. The number of hydrogen-bond acceptors (Lipinski definition) is 5. The monoisotopic (exact) mass is 455 g/mol. The molecule has 1 aliphatic rings. The Morgan fingerprint density at radius 2 is 1.91 bits per heavy atom. The maximum Gasteiger partial charge on any atom is 0.142 e. The van der Waals surface area contributed by atoms with Crippen molar-refractivity contribution in [2.75, 3.05) is 12.8 Å². The van der Waals surface area contributed by atoms with Crippen LogP contribution in [0.3, 0.4) is 0 Å². The largest absolute Gasteiger partial charge is 0.497 e. The molecule has 164 valence electrons. The number of rotatable bonds is 4. The first kappa shape index (κ1) is 21.0. The zero-order valence-electron chi connectivity index (χ0n) is 18.2. The average molecular weight is 456 g/mol. The maximum absolute atomic E-state index is 10.0. The number of benzene rings is 2. The summed E-state index contributed by atoms with van der Waals surface area (Å²) in [5.41, 5.74) is 12.9. The Hall–Kier alpha value is -3.82. The van der Waals surface area contributed by atoms with E-state index in [0.717, 1.165) is 70.8 Å². The second-order valence-corrected chi connectivity index (χ2v) is 8.47. The van der Waals surface area contributed by atoms with Crippen molar-refractivity contribution < 1.29 is 4.74 Å². The van der Waals surface area contributed by atoms with Crippen LogP contribution in [0.15, 0.2) is 54.7 Å². The molecule has 0 bridgehead atoms. The first-order valence-electron chi connectivity index (χ1n) is 10.8. The molecule has 4 aromatic rings. The number of pyridine rings is 1. The van der Waals surface area contributed by atoms with Crippen molar-refractivity contribution in [3.05, 3.63) is 76.6 Å². The number of halogens is 1. The van der Waals surface area contributed by atoms with Gasteiger partial charge in [0.25, 0.3) is 0 Å². The van der Waals surface area contributed by atoms with Gasteiger partial charge in [-0.05, 0) is 73.7 Å². The molecule has 1 aliphatic carbocycles. The maximum atomic E-state index is 10.0. The number of ether oxygens (including phenoxy) is 1. The molecule has 0 radical (unpaired) electrons. The summed E-state index contributed by atoms with van der Waals surface area (Å²) in [5, 5.41) is 15.6. The second kappa shape index (κ2) is 8.61. The van der Waals surface area contributed by atoms with E-state index in [1.54, 1.807) is 11.8 Å². The van der Waals surface area contributed by atoms with Crippen molar-refractivity contribution in [3.63, 3.8) is 0 Å². The molecule has 0 spiro atoms. The van der Waals surface area contributed by atoms with Crippen LogP contribution < -0.4 is 10.5 Å². The smallest absolute Gasteiger partial charge is 0.142 e. The third-order valence-electron chi connectivity index (χ3n) is 6.03. The van der Waals surface area contributed by atoms with Gasteiger partial charge < -0.3 is 10.5 Å². The van der Waals surface area contributed by atoms with Crippen LogP contribution >= 0.6 is 11.6 Å². The summed E-state index contributed by atoms with van der Waals surface area (Å²) in [6.07, 6.45) is 5.79. The second-order valence-electron chi connectivity index (χ2n) is 8.04. The molecule has 0 fully saturated rings. The Bertz CT molecular complexity index is 1390. The van der Waals surface area contributed by atoms with Gasteiger partial charge in [-0.25, -0.2) is 9.67 Å². The number of aryl methyl sites for hydroxylation is 1. The predicted octanol–water partition coefficient (Wildman–Crippen LogP) is 5.60. The molecule has 0 saturated heterocycles. The molecule has 5 rings (SSSR count). The molecule has 6 nitrogen and oxygen atoms in total. The molecule has 0 atom stereocenters. The van der Waals surface area contributed by atoms with Gasteiger partial charge in [0, 0.05) is 33.6 Å². The molecule has 0 unspecified atom stereocenters. The third-order valence-corrected chi connectivity index (χ3v) is 6.27. The normalized spacial score (nSPS) is 12.8. The molecule has 0 amide bonds. The van der Waals surface area contributed by atoms with Crippen LogP contribution in [-0.4, -0.2) is 21.9 Å². The third kappa shape index (κ3) is 3.81. The molecule has 0 saturated carbocycles. The first-order chi connectivity index (χ1) is 16.1. The Morgan fingerprint density at radius 1 is 1.12 bits per heavy atom. The summed E-state index contributed by atoms with van der Waals surface area (Å²) in [6, 6.07) is 17.6. The van der Waals surface area contributed by atoms with Gasteiger partial charge in [-0.1, -0.05) is 17.7 Å². The molecule has 2 aromatic carbocycles. The van der Waals surface area contributed by atoms with Crippen LogP contribution in [0, 0.1) is 11.3 Å². The van der Waals surface area contributed by atoms with Gasteiger partial charge >= 0.3 is 0 Å². The van der Waals surface area contributed by atoms with Crippen molar-refractivity contribution in [1.29, 1.82) is 5.26 Å². The van der Waals surface area contributed by atoms with E-state index < -0.39 is 0 Å². The van der Waals surface area contributed by atoms with Crippen LogP contribution in [-0.2, 0) is 12.8 Å².